The number of carboxylic acid groups (broad SMARTS) is 1. The minimum Gasteiger partial charge on any atom is -0.481 e. The molecule has 1 atom stereocenters. The smallest absolute Gasteiger partial charge is 0.305 e. The van der Waals surface area contributed by atoms with E-state index in [4.69, 9.17) is 5.11 Å². The quantitative estimate of drug-likeness (QED) is 0.738. The zero-order valence-corrected chi connectivity index (χ0v) is 7.19. The Morgan fingerprint density at radius 3 is 2.92 bits per heavy atom. The van der Waals surface area contributed by atoms with E-state index in [1.165, 1.54) is 0 Å². The van der Waals surface area contributed by atoms with Gasteiger partial charge in [-0.2, -0.15) is 5.10 Å². The van der Waals surface area contributed by atoms with Crippen LogP contribution in [0, 0.1) is 6.92 Å². The van der Waals surface area contributed by atoms with Crippen molar-refractivity contribution in [1.82, 2.24) is 9.78 Å². The van der Waals surface area contributed by atoms with E-state index in [9.17, 15) is 4.79 Å². The second-order valence-corrected chi connectivity index (χ2v) is 2.88. The Bertz CT molecular complexity index is 280. The van der Waals surface area contributed by atoms with Crippen LogP contribution >= 0.6 is 0 Å². The molecule has 1 N–H and O–H groups in total. The third-order valence-corrected chi connectivity index (χ3v) is 1.66. The molecular weight excluding hydrogens is 156 g/mol. The molecule has 0 bridgehead atoms. The van der Waals surface area contributed by atoms with E-state index in [2.05, 4.69) is 5.10 Å². The van der Waals surface area contributed by atoms with Crippen molar-refractivity contribution in [3.8, 4) is 0 Å². The molecule has 0 fully saturated rings. The summed E-state index contributed by atoms with van der Waals surface area (Å²) in [4.78, 5) is 10.3. The molecule has 1 heterocycles. The van der Waals surface area contributed by atoms with E-state index < -0.39 is 5.97 Å². The molecule has 4 nitrogen and oxygen atoms in total. The van der Waals surface area contributed by atoms with Crippen LogP contribution in [-0.2, 0) is 4.79 Å². The number of hydrogen-bond donors (Lipinski definition) is 1. The van der Waals surface area contributed by atoms with E-state index in [0.717, 1.165) is 5.69 Å². The second-order valence-electron chi connectivity index (χ2n) is 2.88. The zero-order chi connectivity index (χ0) is 9.14. The predicted molar refractivity (Wildman–Crippen MR) is 43.9 cm³/mol. The Labute approximate surface area is 70.8 Å². The third kappa shape index (κ3) is 2.08. The van der Waals surface area contributed by atoms with Crippen molar-refractivity contribution in [2.75, 3.05) is 0 Å². The summed E-state index contributed by atoms with van der Waals surface area (Å²) in [5, 5.41) is 12.6. The fourth-order valence-corrected chi connectivity index (χ4v) is 1.02. The summed E-state index contributed by atoms with van der Waals surface area (Å²) in [6.07, 6.45) is 1.91. The summed E-state index contributed by atoms with van der Waals surface area (Å²) >= 11 is 0. The van der Waals surface area contributed by atoms with Gasteiger partial charge in [0, 0.05) is 6.20 Å². The first-order valence-corrected chi connectivity index (χ1v) is 3.83. The summed E-state index contributed by atoms with van der Waals surface area (Å²) in [5.41, 5.74) is 0.909. The molecule has 0 spiro atoms. The lowest BCUT2D eigenvalue weighted by Gasteiger charge is -2.08. The van der Waals surface area contributed by atoms with Crippen molar-refractivity contribution in [2.45, 2.75) is 26.3 Å². The van der Waals surface area contributed by atoms with Gasteiger partial charge in [0.1, 0.15) is 0 Å². The van der Waals surface area contributed by atoms with Gasteiger partial charge in [0.25, 0.3) is 0 Å². The van der Waals surface area contributed by atoms with Gasteiger partial charge in [0.15, 0.2) is 0 Å². The van der Waals surface area contributed by atoms with Crippen molar-refractivity contribution in [3.05, 3.63) is 18.0 Å². The fraction of sp³-hybridized carbons (Fsp3) is 0.500. The predicted octanol–water partition coefficient (Wildman–Crippen LogP) is 1.23. The minimum atomic E-state index is -0.796. The molecular formula is C8H12N2O2. The molecule has 0 aliphatic heterocycles. The van der Waals surface area contributed by atoms with E-state index >= 15 is 0 Å². The summed E-state index contributed by atoms with van der Waals surface area (Å²) in [6, 6.07) is 1.79. The number of aliphatic carboxylic acids is 1. The van der Waals surface area contributed by atoms with Crippen LogP contribution in [0.1, 0.15) is 25.1 Å². The van der Waals surface area contributed by atoms with Gasteiger partial charge in [0.05, 0.1) is 18.2 Å². The molecule has 66 valence electrons. The number of aryl methyl sites for hydroxylation is 1. The summed E-state index contributed by atoms with van der Waals surface area (Å²) in [5.74, 6) is -0.796. The van der Waals surface area contributed by atoms with Gasteiger partial charge in [-0.25, -0.2) is 0 Å². The maximum Gasteiger partial charge on any atom is 0.305 e. The highest BCUT2D eigenvalue weighted by Gasteiger charge is 2.09. The molecule has 1 rings (SSSR count). The van der Waals surface area contributed by atoms with Crippen LogP contribution in [-0.4, -0.2) is 20.9 Å². The van der Waals surface area contributed by atoms with Crippen LogP contribution in [0.3, 0.4) is 0 Å². The number of aromatic nitrogens is 2. The van der Waals surface area contributed by atoms with Crippen molar-refractivity contribution in [3.63, 3.8) is 0 Å². The summed E-state index contributed by atoms with van der Waals surface area (Å²) in [6.45, 7) is 3.71. The summed E-state index contributed by atoms with van der Waals surface area (Å²) < 4.78 is 1.67. The Morgan fingerprint density at radius 2 is 2.50 bits per heavy atom. The Balaban J connectivity index is 2.64. The highest BCUT2D eigenvalue weighted by atomic mass is 16.4. The highest BCUT2D eigenvalue weighted by Crippen LogP contribution is 2.09. The molecule has 12 heavy (non-hydrogen) atoms. The van der Waals surface area contributed by atoms with Crippen molar-refractivity contribution >= 4 is 5.97 Å². The normalized spacial score (nSPS) is 12.8. The first-order valence-electron chi connectivity index (χ1n) is 3.83. The number of rotatable bonds is 3. The van der Waals surface area contributed by atoms with Gasteiger partial charge in [-0.15, -0.1) is 0 Å². The molecule has 4 heteroatoms. The van der Waals surface area contributed by atoms with Crippen molar-refractivity contribution < 1.29 is 9.90 Å². The van der Waals surface area contributed by atoms with Gasteiger partial charge in [-0.3, -0.25) is 9.48 Å². The molecule has 1 aromatic rings. The van der Waals surface area contributed by atoms with Crippen molar-refractivity contribution in [2.24, 2.45) is 0 Å². The SMILES string of the molecule is Cc1ccn(C(C)CC(=O)O)n1. The van der Waals surface area contributed by atoms with E-state index in [-0.39, 0.29) is 12.5 Å². The third-order valence-electron chi connectivity index (χ3n) is 1.66. The maximum atomic E-state index is 10.3. The largest absolute Gasteiger partial charge is 0.481 e. The fourth-order valence-electron chi connectivity index (χ4n) is 1.02. The molecule has 0 radical (unpaired) electrons. The van der Waals surface area contributed by atoms with Crippen LogP contribution < -0.4 is 0 Å². The van der Waals surface area contributed by atoms with E-state index in [1.807, 2.05) is 19.9 Å². The molecule has 0 saturated heterocycles. The zero-order valence-electron chi connectivity index (χ0n) is 7.19. The number of hydrogen-bond acceptors (Lipinski definition) is 2. The Kier molecular flexibility index (Phi) is 2.47. The lowest BCUT2D eigenvalue weighted by molar-refractivity contribution is -0.137. The maximum absolute atomic E-state index is 10.3. The average Bonchev–Trinajstić information content (AvgIpc) is 2.34. The van der Waals surface area contributed by atoms with E-state index in [1.54, 1.807) is 10.9 Å². The monoisotopic (exact) mass is 168 g/mol. The molecule has 1 unspecified atom stereocenters. The number of nitrogens with zero attached hydrogens (tertiary/aromatic N) is 2. The molecule has 1 aromatic heterocycles. The van der Waals surface area contributed by atoms with Gasteiger partial charge in [-0.05, 0) is 19.9 Å². The standard InChI is InChI=1S/C8H12N2O2/c1-6-3-4-10(9-6)7(2)5-8(11)12/h3-4,7H,5H2,1-2H3,(H,11,12). The van der Waals surface area contributed by atoms with Gasteiger partial charge < -0.3 is 5.11 Å². The molecule has 0 saturated carbocycles. The van der Waals surface area contributed by atoms with Gasteiger partial charge >= 0.3 is 5.97 Å². The van der Waals surface area contributed by atoms with E-state index in [0.29, 0.717) is 0 Å². The van der Waals surface area contributed by atoms with Crippen LogP contribution in [0.25, 0.3) is 0 Å². The van der Waals surface area contributed by atoms with Crippen LogP contribution in [0.2, 0.25) is 0 Å². The Morgan fingerprint density at radius 1 is 1.83 bits per heavy atom. The first-order chi connectivity index (χ1) is 5.59. The van der Waals surface area contributed by atoms with Crippen LogP contribution in [0.4, 0.5) is 0 Å². The lowest BCUT2D eigenvalue weighted by atomic mass is 10.2. The number of carbonyl (C=O) groups is 1. The molecule has 0 aliphatic carbocycles. The van der Waals surface area contributed by atoms with Crippen LogP contribution in [0.5, 0.6) is 0 Å². The molecule has 0 aromatic carbocycles. The first kappa shape index (κ1) is 8.77. The number of carboxylic acids is 1. The summed E-state index contributed by atoms with van der Waals surface area (Å²) in [7, 11) is 0. The minimum absolute atomic E-state index is 0.0730. The second kappa shape index (κ2) is 3.38. The molecule has 0 amide bonds. The van der Waals surface area contributed by atoms with Gasteiger partial charge in [0.2, 0.25) is 0 Å². The molecule has 0 aliphatic rings. The van der Waals surface area contributed by atoms with Crippen LogP contribution in [0.15, 0.2) is 12.3 Å². The van der Waals surface area contributed by atoms with Gasteiger partial charge in [-0.1, -0.05) is 0 Å². The Hall–Kier alpha value is -1.32. The van der Waals surface area contributed by atoms with Crippen molar-refractivity contribution in [1.29, 1.82) is 0 Å². The lowest BCUT2D eigenvalue weighted by Crippen LogP contribution is -2.10. The highest BCUT2D eigenvalue weighted by molar-refractivity contribution is 5.67. The topological polar surface area (TPSA) is 55.1 Å². The average molecular weight is 168 g/mol.